The van der Waals surface area contributed by atoms with Crippen LogP contribution in [0, 0.1) is 0 Å². The van der Waals surface area contributed by atoms with Crippen LogP contribution in [0.4, 0.5) is 5.00 Å². The van der Waals surface area contributed by atoms with Gasteiger partial charge in [-0.15, -0.1) is 11.3 Å². The number of carbonyl (C=O) groups is 2. The second kappa shape index (κ2) is 6.79. The van der Waals surface area contributed by atoms with Gasteiger partial charge >= 0.3 is 0 Å². The summed E-state index contributed by atoms with van der Waals surface area (Å²) in [5.41, 5.74) is 7.12. The van der Waals surface area contributed by atoms with Crippen LogP contribution in [0.25, 0.3) is 0 Å². The van der Waals surface area contributed by atoms with Crippen LogP contribution in [0.3, 0.4) is 0 Å². The fraction of sp³-hybridized carbons (Fsp3) is 0.625. The molecule has 0 saturated carbocycles. The van der Waals surface area contributed by atoms with Crippen molar-refractivity contribution in [1.82, 2.24) is 4.90 Å². The maximum atomic E-state index is 12.3. The van der Waals surface area contributed by atoms with Crippen LogP contribution in [0.2, 0.25) is 0 Å². The lowest BCUT2D eigenvalue weighted by Crippen LogP contribution is -2.34. The molecule has 5 nitrogen and oxygen atoms in total. The van der Waals surface area contributed by atoms with Crippen LogP contribution >= 0.6 is 11.3 Å². The molecule has 1 fully saturated rings. The molecule has 2 aliphatic rings. The molecule has 1 aromatic heterocycles. The van der Waals surface area contributed by atoms with Gasteiger partial charge in [0.15, 0.2) is 0 Å². The fourth-order valence-corrected chi connectivity index (χ4v) is 4.73. The van der Waals surface area contributed by atoms with Gasteiger partial charge < -0.3 is 11.1 Å². The van der Waals surface area contributed by atoms with Crippen LogP contribution in [0.5, 0.6) is 0 Å². The Balaban J connectivity index is 1.67. The Bertz CT molecular complexity index is 574. The molecule has 0 spiro atoms. The van der Waals surface area contributed by atoms with Gasteiger partial charge in [-0.3, -0.25) is 14.5 Å². The summed E-state index contributed by atoms with van der Waals surface area (Å²) < 4.78 is 0. The van der Waals surface area contributed by atoms with Gasteiger partial charge in [0, 0.05) is 4.88 Å². The van der Waals surface area contributed by atoms with Gasteiger partial charge in [-0.05, 0) is 50.8 Å². The zero-order valence-corrected chi connectivity index (χ0v) is 13.6. The quantitative estimate of drug-likeness (QED) is 0.892. The molecule has 0 unspecified atom stereocenters. The Hall–Kier alpha value is -1.40. The third kappa shape index (κ3) is 3.33. The van der Waals surface area contributed by atoms with Crippen LogP contribution in [-0.4, -0.2) is 36.3 Å². The molecule has 1 aliphatic carbocycles. The Labute approximate surface area is 134 Å². The minimum absolute atomic E-state index is 0.0377. The minimum atomic E-state index is -0.426. The van der Waals surface area contributed by atoms with Crippen LogP contribution in [0.15, 0.2) is 0 Å². The number of amides is 2. The van der Waals surface area contributed by atoms with Gasteiger partial charge in [-0.1, -0.05) is 12.8 Å². The molecule has 0 radical (unpaired) electrons. The molecule has 2 amide bonds. The second-order valence-corrected chi connectivity index (χ2v) is 7.27. The summed E-state index contributed by atoms with van der Waals surface area (Å²) in [7, 11) is 0. The first kappa shape index (κ1) is 15.5. The third-order valence-electron chi connectivity index (χ3n) is 4.49. The van der Waals surface area contributed by atoms with Crippen molar-refractivity contribution in [2.45, 2.75) is 44.9 Å². The van der Waals surface area contributed by atoms with E-state index in [2.05, 4.69) is 10.2 Å². The number of aryl methyl sites for hydroxylation is 1. The van der Waals surface area contributed by atoms with E-state index in [9.17, 15) is 9.59 Å². The predicted octanol–water partition coefficient (Wildman–Crippen LogP) is 2.15. The van der Waals surface area contributed by atoms with Gasteiger partial charge in [0.25, 0.3) is 5.91 Å². The number of likely N-dealkylation sites (tertiary alicyclic amines) is 1. The molecule has 3 N–H and O–H groups in total. The van der Waals surface area contributed by atoms with E-state index in [0.717, 1.165) is 50.8 Å². The van der Waals surface area contributed by atoms with Gasteiger partial charge in [0.2, 0.25) is 5.91 Å². The summed E-state index contributed by atoms with van der Waals surface area (Å²) >= 11 is 1.52. The number of hydrogen-bond donors (Lipinski definition) is 2. The number of nitrogens with two attached hydrogens (primary N) is 1. The van der Waals surface area contributed by atoms with Crippen molar-refractivity contribution in [3.05, 3.63) is 16.0 Å². The SMILES string of the molecule is NC(=O)c1c(NC(=O)CN2CCCCCC2)sc2c1CCC2. The van der Waals surface area contributed by atoms with Crippen molar-refractivity contribution >= 4 is 28.2 Å². The van der Waals surface area contributed by atoms with Gasteiger partial charge in [-0.25, -0.2) is 0 Å². The number of anilines is 1. The van der Waals surface area contributed by atoms with Crippen molar-refractivity contribution in [1.29, 1.82) is 0 Å². The summed E-state index contributed by atoms with van der Waals surface area (Å²) in [4.78, 5) is 27.4. The van der Waals surface area contributed by atoms with E-state index in [0.29, 0.717) is 17.1 Å². The van der Waals surface area contributed by atoms with Crippen LogP contribution in [0.1, 0.15) is 52.9 Å². The first-order valence-electron chi connectivity index (χ1n) is 8.11. The highest BCUT2D eigenvalue weighted by Gasteiger charge is 2.26. The Kier molecular flexibility index (Phi) is 4.78. The predicted molar refractivity (Wildman–Crippen MR) is 88.4 cm³/mol. The lowest BCUT2D eigenvalue weighted by Gasteiger charge is -2.18. The van der Waals surface area contributed by atoms with E-state index in [4.69, 9.17) is 5.73 Å². The highest BCUT2D eigenvalue weighted by molar-refractivity contribution is 7.17. The second-order valence-electron chi connectivity index (χ2n) is 6.16. The van der Waals surface area contributed by atoms with Crippen molar-refractivity contribution in [2.24, 2.45) is 5.73 Å². The van der Waals surface area contributed by atoms with Crippen molar-refractivity contribution in [3.8, 4) is 0 Å². The molecule has 3 rings (SSSR count). The zero-order chi connectivity index (χ0) is 15.5. The summed E-state index contributed by atoms with van der Waals surface area (Å²) in [6.07, 6.45) is 7.78. The summed E-state index contributed by atoms with van der Waals surface area (Å²) in [5.74, 6) is -0.464. The number of primary amides is 1. The number of nitrogens with one attached hydrogen (secondary N) is 1. The van der Waals surface area contributed by atoms with Gasteiger partial charge in [-0.2, -0.15) is 0 Å². The molecule has 0 atom stereocenters. The average molecular weight is 321 g/mol. The highest BCUT2D eigenvalue weighted by Crippen LogP contribution is 2.38. The maximum Gasteiger partial charge on any atom is 0.251 e. The average Bonchev–Trinajstić information content (AvgIpc) is 2.91. The molecule has 6 heteroatoms. The summed E-state index contributed by atoms with van der Waals surface area (Å²) in [6, 6.07) is 0. The van der Waals surface area contributed by atoms with Gasteiger partial charge in [0.1, 0.15) is 5.00 Å². The lowest BCUT2D eigenvalue weighted by molar-refractivity contribution is -0.117. The van der Waals surface area contributed by atoms with Crippen molar-refractivity contribution in [2.75, 3.05) is 25.0 Å². The molecule has 0 aromatic carbocycles. The minimum Gasteiger partial charge on any atom is -0.365 e. The van der Waals surface area contributed by atoms with E-state index in [1.165, 1.54) is 29.1 Å². The summed E-state index contributed by atoms with van der Waals surface area (Å²) in [5, 5.41) is 3.58. The first-order valence-corrected chi connectivity index (χ1v) is 8.93. The normalized spacial score (nSPS) is 18.7. The molecule has 2 heterocycles. The molecule has 1 aromatic rings. The summed E-state index contributed by atoms with van der Waals surface area (Å²) in [6.45, 7) is 2.37. The third-order valence-corrected chi connectivity index (χ3v) is 5.69. The molecule has 1 aliphatic heterocycles. The number of rotatable bonds is 4. The standard InChI is InChI=1S/C16H23N3O2S/c17-15(21)14-11-6-5-7-12(11)22-16(14)18-13(20)10-19-8-3-1-2-4-9-19/h1-10H2,(H2,17,21)(H,18,20). The highest BCUT2D eigenvalue weighted by atomic mass is 32.1. The first-order chi connectivity index (χ1) is 10.6. The molecule has 1 saturated heterocycles. The molecule has 0 bridgehead atoms. The largest absolute Gasteiger partial charge is 0.365 e. The molecular weight excluding hydrogens is 298 g/mol. The smallest absolute Gasteiger partial charge is 0.251 e. The number of hydrogen-bond acceptors (Lipinski definition) is 4. The van der Waals surface area contributed by atoms with Crippen molar-refractivity contribution in [3.63, 3.8) is 0 Å². The number of thiophene rings is 1. The molecule has 22 heavy (non-hydrogen) atoms. The number of nitrogens with zero attached hydrogens (tertiary/aromatic N) is 1. The Morgan fingerprint density at radius 1 is 1.09 bits per heavy atom. The van der Waals surface area contributed by atoms with Crippen LogP contribution in [-0.2, 0) is 17.6 Å². The van der Waals surface area contributed by atoms with Crippen molar-refractivity contribution < 1.29 is 9.59 Å². The number of fused-ring (bicyclic) bond motifs is 1. The van der Waals surface area contributed by atoms with Crippen LogP contribution < -0.4 is 11.1 Å². The topological polar surface area (TPSA) is 75.4 Å². The zero-order valence-electron chi connectivity index (χ0n) is 12.8. The van der Waals surface area contributed by atoms with E-state index in [1.54, 1.807) is 0 Å². The van der Waals surface area contributed by atoms with E-state index >= 15 is 0 Å². The van der Waals surface area contributed by atoms with E-state index < -0.39 is 5.91 Å². The lowest BCUT2D eigenvalue weighted by atomic mass is 10.1. The van der Waals surface area contributed by atoms with E-state index in [1.807, 2.05) is 0 Å². The van der Waals surface area contributed by atoms with E-state index in [-0.39, 0.29) is 5.91 Å². The molecule has 120 valence electrons. The maximum absolute atomic E-state index is 12.3. The van der Waals surface area contributed by atoms with Gasteiger partial charge in [0.05, 0.1) is 12.1 Å². The fourth-order valence-electron chi connectivity index (χ4n) is 3.42. The number of carbonyl (C=O) groups excluding carboxylic acids is 2. The monoisotopic (exact) mass is 321 g/mol. The Morgan fingerprint density at radius 2 is 1.82 bits per heavy atom. The Morgan fingerprint density at radius 3 is 2.50 bits per heavy atom. The molecular formula is C16H23N3O2S.